The van der Waals surface area contributed by atoms with E-state index in [1.165, 1.54) is 0 Å². The van der Waals surface area contributed by atoms with Crippen molar-refractivity contribution in [2.24, 2.45) is 0 Å². The molecule has 2 aromatic carbocycles. The van der Waals surface area contributed by atoms with Crippen LogP contribution in [0.4, 0.5) is 0 Å². The largest absolute Gasteiger partial charge is 0.405 e. The van der Waals surface area contributed by atoms with E-state index >= 15 is 0 Å². The number of rotatable bonds is 8. The summed E-state index contributed by atoms with van der Waals surface area (Å²) in [7, 11) is -2.68. The van der Waals surface area contributed by atoms with Crippen LogP contribution in [0.5, 0.6) is 0 Å². The fourth-order valence-corrected chi connectivity index (χ4v) is 8.04. The van der Waals surface area contributed by atoms with E-state index in [2.05, 4.69) is 45.0 Å². The van der Waals surface area contributed by atoms with E-state index in [4.69, 9.17) is 9.53 Å². The van der Waals surface area contributed by atoms with Gasteiger partial charge in [0.2, 0.25) is 0 Å². The lowest BCUT2D eigenvalue weighted by atomic mass is 10.2. The standard InChI is InChI=1S/C21H30O4Si/c1-21(2,3)26(19-10-6-4-7-11-19,20-12-8-5-9-13-20)25-16-18(24)14-17(23)15-22/h4-13,17-18,22-24H,14-16H2,1-3H3/t17-,18-/m0/s1. The van der Waals surface area contributed by atoms with Crippen molar-refractivity contribution in [1.82, 2.24) is 0 Å². The summed E-state index contributed by atoms with van der Waals surface area (Å²) < 4.78 is 6.57. The maximum absolute atomic E-state index is 10.3. The molecule has 3 N–H and O–H groups in total. The predicted molar refractivity (Wildman–Crippen MR) is 107 cm³/mol. The van der Waals surface area contributed by atoms with Crippen LogP contribution in [0.2, 0.25) is 5.04 Å². The van der Waals surface area contributed by atoms with Crippen LogP contribution in [-0.2, 0) is 4.43 Å². The maximum atomic E-state index is 10.3. The van der Waals surface area contributed by atoms with Gasteiger partial charge in [0, 0.05) is 6.42 Å². The van der Waals surface area contributed by atoms with Gasteiger partial charge in [-0.3, -0.25) is 0 Å². The molecule has 0 amide bonds. The first-order valence-corrected chi connectivity index (χ1v) is 10.9. The zero-order chi connectivity index (χ0) is 19.2. The first kappa shape index (κ1) is 20.8. The van der Waals surface area contributed by atoms with Gasteiger partial charge in [0.1, 0.15) is 0 Å². The third kappa shape index (κ3) is 4.61. The second-order valence-corrected chi connectivity index (χ2v) is 12.0. The third-order valence-corrected chi connectivity index (χ3v) is 9.67. The van der Waals surface area contributed by atoms with Crippen LogP contribution in [0.3, 0.4) is 0 Å². The van der Waals surface area contributed by atoms with E-state index in [9.17, 15) is 10.2 Å². The summed E-state index contributed by atoms with van der Waals surface area (Å²) >= 11 is 0. The molecule has 0 saturated carbocycles. The van der Waals surface area contributed by atoms with Gasteiger partial charge < -0.3 is 19.7 Å². The molecule has 26 heavy (non-hydrogen) atoms. The van der Waals surface area contributed by atoms with Crippen molar-refractivity contribution in [3.8, 4) is 0 Å². The fourth-order valence-electron chi connectivity index (χ4n) is 3.44. The Labute approximate surface area is 157 Å². The minimum Gasteiger partial charge on any atom is -0.405 e. The molecule has 0 spiro atoms. The van der Waals surface area contributed by atoms with Crippen molar-refractivity contribution in [2.45, 2.75) is 44.4 Å². The molecule has 0 aromatic heterocycles. The SMILES string of the molecule is CC(C)(C)[Si](OC[C@@H](O)C[C@H](O)CO)(c1ccccc1)c1ccccc1. The highest BCUT2D eigenvalue weighted by Crippen LogP contribution is 2.36. The molecule has 0 fully saturated rings. The van der Waals surface area contributed by atoms with Gasteiger partial charge in [-0.15, -0.1) is 0 Å². The molecule has 0 heterocycles. The van der Waals surface area contributed by atoms with Crippen LogP contribution in [0.25, 0.3) is 0 Å². The average molecular weight is 375 g/mol. The number of hydrogen-bond acceptors (Lipinski definition) is 4. The van der Waals surface area contributed by atoms with Crippen molar-refractivity contribution < 1.29 is 19.7 Å². The van der Waals surface area contributed by atoms with E-state index in [0.29, 0.717) is 0 Å². The Morgan fingerprint density at radius 1 is 0.846 bits per heavy atom. The van der Waals surface area contributed by atoms with Crippen LogP contribution in [0.15, 0.2) is 60.7 Å². The Morgan fingerprint density at radius 2 is 1.31 bits per heavy atom. The molecule has 0 aliphatic rings. The quantitative estimate of drug-likeness (QED) is 0.615. The fraction of sp³-hybridized carbons (Fsp3) is 0.429. The van der Waals surface area contributed by atoms with Crippen LogP contribution in [0, 0.1) is 0 Å². The number of aliphatic hydroxyl groups excluding tert-OH is 3. The Bertz CT molecular complexity index is 615. The number of hydrogen-bond donors (Lipinski definition) is 3. The lowest BCUT2D eigenvalue weighted by molar-refractivity contribution is 0.0213. The summed E-state index contributed by atoms with van der Waals surface area (Å²) in [5, 5.41) is 31.0. The molecule has 0 aliphatic carbocycles. The summed E-state index contributed by atoms with van der Waals surface area (Å²) in [6, 6.07) is 20.4. The van der Waals surface area contributed by atoms with E-state index in [0.717, 1.165) is 10.4 Å². The zero-order valence-electron chi connectivity index (χ0n) is 15.8. The van der Waals surface area contributed by atoms with Crippen LogP contribution >= 0.6 is 0 Å². The maximum Gasteiger partial charge on any atom is 0.261 e. The highest BCUT2D eigenvalue weighted by Gasteiger charge is 2.50. The highest BCUT2D eigenvalue weighted by molar-refractivity contribution is 6.99. The van der Waals surface area contributed by atoms with Gasteiger partial charge in [0.25, 0.3) is 8.32 Å². The lowest BCUT2D eigenvalue weighted by Crippen LogP contribution is -2.67. The summed E-state index contributed by atoms with van der Waals surface area (Å²) in [4.78, 5) is 0. The van der Waals surface area contributed by atoms with Crippen LogP contribution in [0.1, 0.15) is 27.2 Å². The van der Waals surface area contributed by atoms with Gasteiger partial charge in [-0.25, -0.2) is 0 Å². The highest BCUT2D eigenvalue weighted by atomic mass is 28.4. The van der Waals surface area contributed by atoms with Gasteiger partial charge >= 0.3 is 0 Å². The molecule has 2 atom stereocenters. The van der Waals surface area contributed by atoms with E-state index in [-0.39, 0.29) is 24.7 Å². The lowest BCUT2D eigenvalue weighted by Gasteiger charge is -2.43. The number of benzene rings is 2. The molecule has 0 unspecified atom stereocenters. The molecular formula is C21H30O4Si. The molecule has 0 saturated heterocycles. The van der Waals surface area contributed by atoms with Crippen molar-refractivity contribution in [3.05, 3.63) is 60.7 Å². The molecule has 142 valence electrons. The smallest absolute Gasteiger partial charge is 0.261 e. The van der Waals surface area contributed by atoms with Crippen molar-refractivity contribution >= 4 is 18.7 Å². The van der Waals surface area contributed by atoms with Crippen molar-refractivity contribution in [2.75, 3.05) is 13.2 Å². The molecule has 0 bridgehead atoms. The Hall–Kier alpha value is -1.50. The minimum absolute atomic E-state index is 0.0920. The topological polar surface area (TPSA) is 69.9 Å². The first-order valence-electron chi connectivity index (χ1n) is 9.03. The van der Waals surface area contributed by atoms with Crippen LogP contribution in [-0.4, -0.2) is 49.1 Å². The Kier molecular flexibility index (Phi) is 7.14. The summed E-state index contributed by atoms with van der Waals surface area (Å²) in [5.74, 6) is 0. The number of aliphatic hydroxyl groups is 3. The van der Waals surface area contributed by atoms with Crippen LogP contribution < -0.4 is 10.4 Å². The minimum atomic E-state index is -2.68. The summed E-state index contributed by atoms with van der Waals surface area (Å²) in [5.41, 5.74) is 0. The van der Waals surface area contributed by atoms with Gasteiger partial charge in [-0.1, -0.05) is 81.4 Å². The molecule has 0 aliphatic heterocycles. The average Bonchev–Trinajstić information content (AvgIpc) is 2.62. The first-order chi connectivity index (χ1) is 12.3. The van der Waals surface area contributed by atoms with Gasteiger partial charge in [-0.2, -0.15) is 0 Å². The molecular weight excluding hydrogens is 344 g/mol. The Balaban J connectivity index is 2.44. The van der Waals surface area contributed by atoms with Gasteiger partial charge in [0.05, 0.1) is 25.4 Å². The van der Waals surface area contributed by atoms with Crippen molar-refractivity contribution in [3.63, 3.8) is 0 Å². The summed E-state index contributed by atoms with van der Waals surface area (Å²) in [6.07, 6.45) is -1.68. The third-order valence-electron chi connectivity index (χ3n) is 4.66. The molecule has 2 rings (SSSR count). The van der Waals surface area contributed by atoms with Crippen molar-refractivity contribution in [1.29, 1.82) is 0 Å². The Morgan fingerprint density at radius 3 is 1.69 bits per heavy atom. The normalized spacial score (nSPS) is 14.8. The molecule has 2 aromatic rings. The summed E-state index contributed by atoms with van der Waals surface area (Å²) in [6.45, 7) is 6.27. The second kappa shape index (κ2) is 8.93. The monoisotopic (exact) mass is 374 g/mol. The predicted octanol–water partition coefficient (Wildman–Crippen LogP) is 1.67. The molecule has 0 radical (unpaired) electrons. The van der Waals surface area contributed by atoms with Gasteiger partial charge in [0.15, 0.2) is 0 Å². The van der Waals surface area contributed by atoms with E-state index < -0.39 is 20.5 Å². The second-order valence-electron chi connectivity index (χ2n) is 7.70. The zero-order valence-corrected chi connectivity index (χ0v) is 16.8. The molecule has 4 nitrogen and oxygen atoms in total. The van der Waals surface area contributed by atoms with E-state index in [1.54, 1.807) is 0 Å². The van der Waals surface area contributed by atoms with Gasteiger partial charge in [-0.05, 0) is 15.4 Å². The molecule has 5 heteroatoms. The van der Waals surface area contributed by atoms with E-state index in [1.807, 2.05) is 36.4 Å².